The summed E-state index contributed by atoms with van der Waals surface area (Å²) in [6.45, 7) is 0. The largest absolute Gasteiger partial charge is 0.289 e. The summed E-state index contributed by atoms with van der Waals surface area (Å²) in [5.41, 5.74) is 5.82. The van der Waals surface area contributed by atoms with Gasteiger partial charge in [0, 0.05) is 4.90 Å². The SMILES string of the molecule is CSc1ccc(/C=C2/C=C(CC(=O)NO)c3cc(F)ccc32)cc1. The fourth-order valence-electron chi connectivity index (χ4n) is 2.73. The van der Waals surface area contributed by atoms with Crippen LogP contribution in [0.15, 0.2) is 53.4 Å². The summed E-state index contributed by atoms with van der Waals surface area (Å²) in [6, 6.07) is 12.7. The van der Waals surface area contributed by atoms with Gasteiger partial charge in [0.25, 0.3) is 0 Å². The van der Waals surface area contributed by atoms with Gasteiger partial charge < -0.3 is 0 Å². The van der Waals surface area contributed by atoms with E-state index in [4.69, 9.17) is 5.21 Å². The van der Waals surface area contributed by atoms with Gasteiger partial charge in [0.2, 0.25) is 5.91 Å². The highest BCUT2D eigenvalue weighted by Crippen LogP contribution is 2.38. The van der Waals surface area contributed by atoms with E-state index in [9.17, 15) is 9.18 Å². The van der Waals surface area contributed by atoms with Gasteiger partial charge >= 0.3 is 0 Å². The Hall–Kier alpha value is -2.37. The van der Waals surface area contributed by atoms with Crippen LogP contribution in [0.2, 0.25) is 0 Å². The van der Waals surface area contributed by atoms with Gasteiger partial charge in [-0.3, -0.25) is 10.0 Å². The lowest BCUT2D eigenvalue weighted by Crippen LogP contribution is -2.18. The molecule has 0 atom stereocenters. The van der Waals surface area contributed by atoms with Crippen molar-refractivity contribution in [2.45, 2.75) is 11.3 Å². The van der Waals surface area contributed by atoms with Gasteiger partial charge in [0.15, 0.2) is 0 Å². The molecule has 0 heterocycles. The van der Waals surface area contributed by atoms with Crippen molar-refractivity contribution in [3.05, 3.63) is 71.0 Å². The monoisotopic (exact) mass is 341 g/mol. The number of allylic oxidation sites excluding steroid dienone is 2. The van der Waals surface area contributed by atoms with Gasteiger partial charge in [0.1, 0.15) is 5.82 Å². The van der Waals surface area contributed by atoms with Crippen LogP contribution in [-0.2, 0) is 4.79 Å². The molecule has 3 rings (SSSR count). The van der Waals surface area contributed by atoms with Crippen molar-refractivity contribution in [2.24, 2.45) is 0 Å². The summed E-state index contributed by atoms with van der Waals surface area (Å²) in [6.07, 6.45) is 5.89. The molecule has 2 aromatic carbocycles. The van der Waals surface area contributed by atoms with Gasteiger partial charge in [-0.2, -0.15) is 0 Å². The van der Waals surface area contributed by atoms with Crippen molar-refractivity contribution in [1.82, 2.24) is 5.48 Å². The zero-order valence-corrected chi connectivity index (χ0v) is 13.9. The first-order valence-corrected chi connectivity index (χ1v) is 8.63. The number of carbonyl (C=O) groups excluding carboxylic acids is 1. The Morgan fingerprint density at radius 1 is 1.21 bits per heavy atom. The number of hydrogen-bond donors (Lipinski definition) is 2. The first-order chi connectivity index (χ1) is 11.6. The standard InChI is InChI=1S/C19H16FNO2S/c1-24-16-5-2-12(3-6-16)8-13-9-14(10-19(22)21-23)18-11-15(20)4-7-17(13)18/h2-9,11,23H,10H2,1H3,(H,21,22)/b13-8-. The quantitative estimate of drug-likeness (QED) is 0.493. The number of nitrogens with one attached hydrogen (secondary N) is 1. The van der Waals surface area contributed by atoms with Gasteiger partial charge in [-0.1, -0.05) is 18.2 Å². The van der Waals surface area contributed by atoms with Crippen LogP contribution in [0.25, 0.3) is 17.2 Å². The van der Waals surface area contributed by atoms with Crippen molar-refractivity contribution in [3.8, 4) is 0 Å². The van der Waals surface area contributed by atoms with Crippen LogP contribution in [0.4, 0.5) is 4.39 Å². The number of carbonyl (C=O) groups is 1. The van der Waals surface area contributed by atoms with E-state index < -0.39 is 5.91 Å². The van der Waals surface area contributed by atoms with E-state index in [1.807, 2.05) is 42.7 Å². The maximum absolute atomic E-state index is 13.6. The summed E-state index contributed by atoms with van der Waals surface area (Å²) in [5, 5.41) is 8.73. The zero-order chi connectivity index (χ0) is 17.1. The van der Waals surface area contributed by atoms with Crippen LogP contribution in [0, 0.1) is 5.82 Å². The molecule has 0 saturated heterocycles. The maximum atomic E-state index is 13.6. The smallest absolute Gasteiger partial charge is 0.247 e. The molecule has 0 unspecified atom stereocenters. The number of halogens is 1. The Kier molecular flexibility index (Phi) is 4.83. The average molecular weight is 341 g/mol. The van der Waals surface area contributed by atoms with Crippen LogP contribution in [0.1, 0.15) is 23.1 Å². The molecule has 0 radical (unpaired) electrons. The fraction of sp³-hybridized carbons (Fsp3) is 0.105. The molecule has 0 aromatic heterocycles. The number of rotatable bonds is 4. The highest BCUT2D eigenvalue weighted by atomic mass is 32.2. The topological polar surface area (TPSA) is 49.3 Å². The van der Waals surface area contributed by atoms with E-state index in [0.717, 1.165) is 16.7 Å². The van der Waals surface area contributed by atoms with Crippen molar-refractivity contribution < 1.29 is 14.4 Å². The highest BCUT2D eigenvalue weighted by molar-refractivity contribution is 7.98. The third kappa shape index (κ3) is 3.42. The van der Waals surface area contributed by atoms with E-state index in [-0.39, 0.29) is 12.2 Å². The molecular weight excluding hydrogens is 325 g/mol. The molecule has 0 saturated carbocycles. The van der Waals surface area contributed by atoms with Crippen LogP contribution in [-0.4, -0.2) is 17.4 Å². The second kappa shape index (κ2) is 7.03. The van der Waals surface area contributed by atoms with Crippen LogP contribution < -0.4 is 5.48 Å². The maximum Gasteiger partial charge on any atom is 0.247 e. The van der Waals surface area contributed by atoms with Crippen molar-refractivity contribution in [1.29, 1.82) is 0 Å². The van der Waals surface area contributed by atoms with Crippen LogP contribution in [0.5, 0.6) is 0 Å². The molecular formula is C19H16FNO2S. The molecule has 2 N–H and O–H groups in total. The molecule has 24 heavy (non-hydrogen) atoms. The summed E-state index contributed by atoms with van der Waals surface area (Å²) in [4.78, 5) is 12.7. The number of amides is 1. The summed E-state index contributed by atoms with van der Waals surface area (Å²) in [7, 11) is 0. The highest BCUT2D eigenvalue weighted by Gasteiger charge is 2.20. The average Bonchev–Trinajstić information content (AvgIpc) is 2.92. The lowest BCUT2D eigenvalue weighted by molar-refractivity contribution is -0.128. The van der Waals surface area contributed by atoms with E-state index in [2.05, 4.69) is 0 Å². The minimum atomic E-state index is -0.526. The molecule has 3 nitrogen and oxygen atoms in total. The molecule has 1 amide bonds. The van der Waals surface area contributed by atoms with Crippen molar-refractivity contribution in [2.75, 3.05) is 6.26 Å². The lowest BCUT2D eigenvalue weighted by Gasteiger charge is -2.05. The van der Waals surface area contributed by atoms with Gasteiger partial charge in [0.05, 0.1) is 6.42 Å². The van der Waals surface area contributed by atoms with Gasteiger partial charge in [-0.25, -0.2) is 9.87 Å². The Labute approximate surface area is 143 Å². The molecule has 5 heteroatoms. The van der Waals surface area contributed by atoms with E-state index >= 15 is 0 Å². The van der Waals surface area contributed by atoms with Crippen LogP contribution in [0.3, 0.4) is 0 Å². The van der Waals surface area contributed by atoms with Crippen molar-refractivity contribution in [3.63, 3.8) is 0 Å². The Bertz CT molecular complexity index is 841. The fourth-order valence-corrected chi connectivity index (χ4v) is 3.14. The summed E-state index contributed by atoms with van der Waals surface area (Å²) < 4.78 is 13.6. The molecule has 0 aliphatic heterocycles. The predicted octanol–water partition coefficient (Wildman–Crippen LogP) is 4.38. The first-order valence-electron chi connectivity index (χ1n) is 7.40. The minimum absolute atomic E-state index is 0.00426. The molecule has 122 valence electrons. The van der Waals surface area contributed by atoms with Gasteiger partial charge in [-0.15, -0.1) is 11.8 Å². The molecule has 0 fully saturated rings. The predicted molar refractivity (Wildman–Crippen MR) is 95.0 cm³/mol. The molecule has 1 aliphatic carbocycles. The summed E-state index contributed by atoms with van der Waals surface area (Å²) in [5.74, 6) is -0.878. The minimum Gasteiger partial charge on any atom is -0.289 e. The molecule has 0 bridgehead atoms. The van der Waals surface area contributed by atoms with Crippen molar-refractivity contribution >= 4 is 34.9 Å². The molecule has 2 aromatic rings. The van der Waals surface area contributed by atoms with Gasteiger partial charge in [-0.05, 0) is 70.5 Å². The number of hydroxylamine groups is 1. The normalized spacial score (nSPS) is 14.5. The van der Waals surface area contributed by atoms with E-state index in [0.29, 0.717) is 11.1 Å². The van der Waals surface area contributed by atoms with Crippen LogP contribution >= 0.6 is 11.8 Å². The third-order valence-corrected chi connectivity index (χ3v) is 4.63. The second-order valence-corrected chi connectivity index (χ2v) is 6.32. The lowest BCUT2D eigenvalue weighted by atomic mass is 10.0. The first kappa shape index (κ1) is 16.5. The third-order valence-electron chi connectivity index (χ3n) is 3.88. The number of thioether (sulfide) groups is 1. The summed E-state index contributed by atoms with van der Waals surface area (Å²) >= 11 is 1.68. The number of benzene rings is 2. The second-order valence-electron chi connectivity index (χ2n) is 5.44. The Morgan fingerprint density at radius 2 is 1.96 bits per heavy atom. The van der Waals surface area contributed by atoms with E-state index in [1.54, 1.807) is 23.3 Å². The molecule has 1 aliphatic rings. The Morgan fingerprint density at radius 3 is 2.62 bits per heavy atom. The van der Waals surface area contributed by atoms with E-state index in [1.165, 1.54) is 17.0 Å². The zero-order valence-electron chi connectivity index (χ0n) is 13.0. The molecule has 0 spiro atoms. The number of hydrogen-bond acceptors (Lipinski definition) is 3. The Balaban J connectivity index is 2.01. The number of fused-ring (bicyclic) bond motifs is 1.